The van der Waals surface area contributed by atoms with E-state index in [1.165, 1.54) is 5.69 Å². The van der Waals surface area contributed by atoms with Crippen molar-refractivity contribution in [3.63, 3.8) is 0 Å². The average Bonchev–Trinajstić information content (AvgIpc) is 3.12. The lowest BCUT2D eigenvalue weighted by molar-refractivity contribution is -0.0319. The summed E-state index contributed by atoms with van der Waals surface area (Å²) in [6, 6.07) is 21.7. The van der Waals surface area contributed by atoms with Crippen molar-refractivity contribution < 1.29 is 24.1 Å². The van der Waals surface area contributed by atoms with Gasteiger partial charge in [-0.15, -0.1) is 0 Å². The predicted octanol–water partition coefficient (Wildman–Crippen LogP) is 12.9. The Labute approximate surface area is 351 Å². The molecule has 0 spiro atoms. The van der Waals surface area contributed by atoms with Crippen molar-refractivity contribution in [1.82, 2.24) is 4.48 Å². The number of rotatable bonds is 13. The van der Waals surface area contributed by atoms with Crippen LogP contribution in [-0.4, -0.2) is 48.2 Å². The van der Waals surface area contributed by atoms with Gasteiger partial charge in [-0.1, -0.05) is 64.1 Å². The summed E-state index contributed by atoms with van der Waals surface area (Å²) < 4.78 is 27.8. The SMILES string of the molecule is CCCOc1c2cccc1Cc1cc(O)cc(c1OCCC)Cc1cc([N+](C(C)(C)C)(C(C)(C)C)C(C)(C)C)cc(c1OCCC)Cc1cccc(c1OCCC)C2. The zero-order chi connectivity index (χ0) is 42.5. The van der Waals surface area contributed by atoms with E-state index in [-0.39, 0.29) is 22.4 Å². The Morgan fingerprint density at radius 2 is 0.690 bits per heavy atom. The molecule has 6 nitrogen and oxygen atoms in total. The van der Waals surface area contributed by atoms with Crippen molar-refractivity contribution >= 4 is 5.69 Å². The fourth-order valence-corrected chi connectivity index (χ4v) is 10.6. The van der Waals surface area contributed by atoms with Crippen LogP contribution in [0.3, 0.4) is 0 Å². The third kappa shape index (κ3) is 9.18. The van der Waals surface area contributed by atoms with Crippen LogP contribution >= 0.6 is 0 Å². The number of phenols is 1. The van der Waals surface area contributed by atoms with Crippen molar-refractivity contribution in [1.29, 1.82) is 0 Å². The summed E-state index contributed by atoms with van der Waals surface area (Å²) in [5.74, 6) is 3.82. The summed E-state index contributed by atoms with van der Waals surface area (Å²) in [6.07, 6.45) is 5.93. The summed E-state index contributed by atoms with van der Waals surface area (Å²) in [5.41, 5.74) is 9.29. The Hall–Kier alpha value is -4.16. The van der Waals surface area contributed by atoms with Crippen LogP contribution in [0.15, 0.2) is 60.7 Å². The van der Waals surface area contributed by atoms with Crippen LogP contribution in [0.5, 0.6) is 28.7 Å². The van der Waals surface area contributed by atoms with Gasteiger partial charge < -0.3 is 24.1 Å². The molecule has 1 aliphatic carbocycles. The van der Waals surface area contributed by atoms with Crippen molar-refractivity contribution in [2.45, 2.75) is 158 Å². The van der Waals surface area contributed by atoms with Gasteiger partial charge in [0.2, 0.25) is 0 Å². The van der Waals surface area contributed by atoms with E-state index in [9.17, 15) is 5.11 Å². The number of hydrogen-bond acceptors (Lipinski definition) is 5. The molecule has 1 N–H and O–H groups in total. The summed E-state index contributed by atoms with van der Waals surface area (Å²) in [5, 5.41) is 11.5. The monoisotopic (exact) mass is 793 g/mol. The molecule has 316 valence electrons. The first-order chi connectivity index (χ1) is 27.4. The lowest BCUT2D eigenvalue weighted by Gasteiger charge is -2.63. The van der Waals surface area contributed by atoms with E-state index in [1.54, 1.807) is 0 Å². The maximum atomic E-state index is 11.5. The number of nitrogens with zero attached hydrogens (tertiary/aromatic N) is 1. The Morgan fingerprint density at radius 1 is 0.431 bits per heavy atom. The molecular weight excluding hydrogens is 719 g/mol. The maximum absolute atomic E-state index is 11.5. The Bertz CT molecular complexity index is 1970. The highest BCUT2D eigenvalue weighted by Gasteiger charge is 2.58. The van der Waals surface area contributed by atoms with E-state index in [1.807, 2.05) is 12.1 Å². The number of aromatic hydroxyl groups is 1. The van der Waals surface area contributed by atoms with Crippen molar-refractivity contribution in [2.75, 3.05) is 26.4 Å². The van der Waals surface area contributed by atoms with E-state index >= 15 is 0 Å². The van der Waals surface area contributed by atoms with Gasteiger partial charge in [-0.3, -0.25) is 4.48 Å². The van der Waals surface area contributed by atoms with Gasteiger partial charge in [-0.25, -0.2) is 0 Å². The molecule has 0 heterocycles. The van der Waals surface area contributed by atoms with Crippen LogP contribution in [0.25, 0.3) is 0 Å². The first-order valence-corrected chi connectivity index (χ1v) is 22.0. The smallest absolute Gasteiger partial charge is 0.134 e. The van der Waals surface area contributed by atoms with Gasteiger partial charge in [-0.2, -0.15) is 0 Å². The third-order valence-corrected chi connectivity index (χ3v) is 11.5. The molecule has 5 rings (SSSR count). The summed E-state index contributed by atoms with van der Waals surface area (Å²) in [7, 11) is 0. The summed E-state index contributed by atoms with van der Waals surface area (Å²) in [4.78, 5) is 0. The molecular formula is C52H74NO5+. The molecule has 0 radical (unpaired) electrons. The van der Waals surface area contributed by atoms with Crippen LogP contribution in [0.4, 0.5) is 5.69 Å². The second-order valence-corrected chi connectivity index (χ2v) is 19.3. The second-order valence-electron chi connectivity index (χ2n) is 19.3. The van der Waals surface area contributed by atoms with E-state index in [2.05, 4.69) is 139 Å². The molecule has 6 heteroatoms. The number of hydrogen-bond donors (Lipinski definition) is 1. The minimum Gasteiger partial charge on any atom is -0.508 e. The number of fused-ring (bicyclic) bond motifs is 8. The normalized spacial score (nSPS) is 13.6. The molecule has 58 heavy (non-hydrogen) atoms. The minimum atomic E-state index is -0.180. The second kappa shape index (κ2) is 18.4. The topological polar surface area (TPSA) is 57.2 Å². The van der Waals surface area contributed by atoms with Crippen LogP contribution in [0, 0.1) is 0 Å². The summed E-state index contributed by atoms with van der Waals surface area (Å²) >= 11 is 0. The van der Waals surface area contributed by atoms with Crippen LogP contribution in [-0.2, 0) is 25.7 Å². The molecule has 0 aromatic heterocycles. The third-order valence-electron chi connectivity index (χ3n) is 11.5. The number of benzene rings is 4. The Balaban J connectivity index is 1.96. The van der Waals surface area contributed by atoms with E-state index in [0.29, 0.717) is 52.1 Å². The first kappa shape index (κ1) is 44.9. The Morgan fingerprint density at radius 3 is 0.983 bits per heavy atom. The highest BCUT2D eigenvalue weighted by Crippen LogP contribution is 2.51. The molecule has 0 fully saturated rings. The average molecular weight is 793 g/mol. The standard InChI is InChI=1S/C52H73NO5/c1-14-24-55-46-36-20-18-22-38(46)29-40-32-44(53(50(5,6)7,51(8,9)10)52(11,12)13)33-41(48(40)57-26-16-3)31-43-35-45(54)34-42(49(43)58-27-17-4)30-39-23-19-21-37(28-36)47(39)56-25-15-2/h18-23,32-35H,14-17,24-31H2,1-13H3/p+1. The fourth-order valence-electron chi connectivity index (χ4n) is 10.6. The number of para-hydroxylation sites is 2. The predicted molar refractivity (Wildman–Crippen MR) is 243 cm³/mol. The molecule has 4 aromatic carbocycles. The largest absolute Gasteiger partial charge is 0.508 e. The molecule has 0 unspecified atom stereocenters. The molecule has 0 saturated heterocycles. The molecule has 0 amide bonds. The van der Waals surface area contributed by atoms with Crippen molar-refractivity contribution in [3.05, 3.63) is 105 Å². The van der Waals surface area contributed by atoms with Crippen molar-refractivity contribution in [2.24, 2.45) is 0 Å². The lowest BCUT2D eigenvalue weighted by Crippen LogP contribution is -2.78. The number of ether oxygens (including phenoxy) is 4. The molecule has 0 aliphatic heterocycles. The fraction of sp³-hybridized carbons (Fsp3) is 0.538. The number of phenolic OH excluding ortho intramolecular Hbond substituents is 1. The molecule has 0 saturated carbocycles. The van der Waals surface area contributed by atoms with Gasteiger partial charge in [0, 0.05) is 60.1 Å². The van der Waals surface area contributed by atoms with E-state index < -0.39 is 0 Å². The molecule has 8 bridgehead atoms. The first-order valence-electron chi connectivity index (χ1n) is 22.0. The molecule has 1 aliphatic rings. The highest BCUT2D eigenvalue weighted by molar-refractivity contribution is 5.63. The number of quaternary nitrogens is 1. The van der Waals surface area contributed by atoms with E-state index in [4.69, 9.17) is 18.9 Å². The molecule has 4 aromatic rings. The Kier molecular flexibility index (Phi) is 14.3. The van der Waals surface area contributed by atoms with Crippen LogP contribution < -0.4 is 23.4 Å². The van der Waals surface area contributed by atoms with Gasteiger partial charge in [0.15, 0.2) is 0 Å². The van der Waals surface area contributed by atoms with Crippen LogP contribution in [0.1, 0.15) is 160 Å². The minimum absolute atomic E-state index is 0.180. The zero-order valence-electron chi connectivity index (χ0n) is 38.3. The zero-order valence-corrected chi connectivity index (χ0v) is 38.3. The van der Waals surface area contributed by atoms with Gasteiger partial charge >= 0.3 is 0 Å². The van der Waals surface area contributed by atoms with Gasteiger partial charge in [0.25, 0.3) is 0 Å². The maximum Gasteiger partial charge on any atom is 0.134 e. The quantitative estimate of drug-likeness (QED) is 0.120. The molecule has 0 atom stereocenters. The van der Waals surface area contributed by atoms with Gasteiger partial charge in [0.1, 0.15) is 34.4 Å². The van der Waals surface area contributed by atoms with Crippen molar-refractivity contribution in [3.8, 4) is 28.7 Å². The van der Waals surface area contributed by atoms with E-state index in [0.717, 1.165) is 97.7 Å². The van der Waals surface area contributed by atoms with Gasteiger partial charge in [-0.05, 0) is 122 Å². The van der Waals surface area contributed by atoms with Crippen LogP contribution in [0.2, 0.25) is 0 Å². The van der Waals surface area contributed by atoms with Gasteiger partial charge in [0.05, 0.1) is 43.0 Å². The summed E-state index contributed by atoms with van der Waals surface area (Å²) in [6.45, 7) is 32.5. The highest BCUT2D eigenvalue weighted by atomic mass is 16.5. The lowest BCUT2D eigenvalue weighted by atomic mass is 9.79.